The highest BCUT2D eigenvalue weighted by atomic mass is 16.1. The van der Waals surface area contributed by atoms with E-state index in [2.05, 4.69) is 60.0 Å². The molecular weight excluding hydrogens is 394 g/mol. The van der Waals surface area contributed by atoms with Gasteiger partial charge < -0.3 is 10.3 Å². The zero-order chi connectivity index (χ0) is 22.3. The van der Waals surface area contributed by atoms with E-state index in [1.54, 1.807) is 6.07 Å². The van der Waals surface area contributed by atoms with E-state index >= 15 is 0 Å². The standard InChI is InChI=1S/C28H31N3O/c1-2-3-4-5-6-15-27-30-25-13-9-10-14-26(25)31(27)20-21-16-18-22(19-17-21)23-11-7-8-12-24(23)28(29)32/h7-14,16-19H,2-6,15,20H2,1H3,(H2,29,32). The lowest BCUT2D eigenvalue weighted by molar-refractivity contribution is 0.100. The van der Waals surface area contributed by atoms with Gasteiger partial charge in [-0.05, 0) is 41.3 Å². The molecule has 1 heterocycles. The molecule has 2 N–H and O–H groups in total. The summed E-state index contributed by atoms with van der Waals surface area (Å²) >= 11 is 0. The number of unbranched alkanes of at least 4 members (excludes halogenated alkanes) is 4. The summed E-state index contributed by atoms with van der Waals surface area (Å²) in [6, 6.07) is 24.3. The molecule has 0 atom stereocenters. The molecule has 1 amide bonds. The monoisotopic (exact) mass is 425 g/mol. The molecule has 4 heteroatoms. The van der Waals surface area contributed by atoms with Gasteiger partial charge in [0.2, 0.25) is 5.91 Å². The number of primary amides is 1. The van der Waals surface area contributed by atoms with Gasteiger partial charge in [0.05, 0.1) is 11.0 Å². The summed E-state index contributed by atoms with van der Waals surface area (Å²) in [5.41, 5.74) is 11.4. The van der Waals surface area contributed by atoms with E-state index in [-0.39, 0.29) is 0 Å². The molecule has 0 bridgehead atoms. The molecule has 0 saturated heterocycles. The number of amides is 1. The van der Waals surface area contributed by atoms with Crippen molar-refractivity contribution < 1.29 is 4.79 Å². The number of carbonyl (C=O) groups excluding carboxylic acids is 1. The molecule has 0 spiro atoms. The molecule has 0 aliphatic carbocycles. The van der Waals surface area contributed by atoms with E-state index in [0.717, 1.165) is 35.4 Å². The predicted octanol–water partition coefficient (Wildman–Crippen LogP) is 6.36. The number of nitrogens with two attached hydrogens (primary N) is 1. The van der Waals surface area contributed by atoms with Crippen molar-refractivity contribution in [3.8, 4) is 11.1 Å². The van der Waals surface area contributed by atoms with Crippen molar-refractivity contribution in [3.63, 3.8) is 0 Å². The van der Waals surface area contributed by atoms with Gasteiger partial charge in [0.15, 0.2) is 0 Å². The van der Waals surface area contributed by atoms with Crippen LogP contribution in [0.1, 0.15) is 60.8 Å². The maximum atomic E-state index is 11.8. The molecule has 4 aromatic rings. The van der Waals surface area contributed by atoms with Gasteiger partial charge in [-0.15, -0.1) is 0 Å². The van der Waals surface area contributed by atoms with E-state index in [4.69, 9.17) is 10.7 Å². The van der Waals surface area contributed by atoms with E-state index < -0.39 is 5.91 Å². The van der Waals surface area contributed by atoms with Gasteiger partial charge >= 0.3 is 0 Å². The molecule has 0 aliphatic heterocycles. The number of fused-ring (bicyclic) bond motifs is 1. The van der Waals surface area contributed by atoms with Crippen LogP contribution in [-0.4, -0.2) is 15.5 Å². The van der Waals surface area contributed by atoms with Crippen LogP contribution in [0.15, 0.2) is 72.8 Å². The second-order valence-electron chi connectivity index (χ2n) is 8.37. The number of para-hydroxylation sites is 2. The molecule has 0 aliphatic rings. The Hall–Kier alpha value is -3.40. The lowest BCUT2D eigenvalue weighted by Crippen LogP contribution is -2.12. The van der Waals surface area contributed by atoms with Gasteiger partial charge in [-0.1, -0.05) is 87.2 Å². The highest BCUT2D eigenvalue weighted by molar-refractivity contribution is 5.99. The van der Waals surface area contributed by atoms with Gasteiger partial charge in [0, 0.05) is 18.5 Å². The first-order valence-electron chi connectivity index (χ1n) is 11.6. The Morgan fingerprint density at radius 2 is 1.59 bits per heavy atom. The van der Waals surface area contributed by atoms with E-state index in [1.165, 1.54) is 43.2 Å². The fourth-order valence-electron chi connectivity index (χ4n) is 4.30. The minimum Gasteiger partial charge on any atom is -0.366 e. The molecule has 1 aromatic heterocycles. The summed E-state index contributed by atoms with van der Waals surface area (Å²) in [4.78, 5) is 16.7. The van der Waals surface area contributed by atoms with Crippen molar-refractivity contribution in [2.24, 2.45) is 5.73 Å². The maximum Gasteiger partial charge on any atom is 0.249 e. The molecule has 0 fully saturated rings. The van der Waals surface area contributed by atoms with Crippen molar-refractivity contribution in [1.29, 1.82) is 0 Å². The third kappa shape index (κ3) is 4.91. The number of imidazole rings is 1. The number of hydrogen-bond donors (Lipinski definition) is 1. The van der Waals surface area contributed by atoms with Gasteiger partial charge in [-0.25, -0.2) is 4.98 Å². The van der Waals surface area contributed by atoms with E-state index in [1.807, 2.05) is 18.2 Å². The zero-order valence-electron chi connectivity index (χ0n) is 18.8. The Labute approximate surface area is 190 Å². The summed E-state index contributed by atoms with van der Waals surface area (Å²) in [7, 11) is 0. The fourth-order valence-corrected chi connectivity index (χ4v) is 4.30. The number of rotatable bonds is 10. The van der Waals surface area contributed by atoms with Crippen LogP contribution in [0.4, 0.5) is 0 Å². The molecule has 0 saturated carbocycles. The van der Waals surface area contributed by atoms with Crippen molar-refractivity contribution >= 4 is 16.9 Å². The third-order valence-corrected chi connectivity index (χ3v) is 6.04. The minimum atomic E-state index is -0.404. The smallest absolute Gasteiger partial charge is 0.249 e. The second kappa shape index (κ2) is 10.3. The summed E-state index contributed by atoms with van der Waals surface area (Å²) in [6.07, 6.45) is 7.30. The molecule has 4 nitrogen and oxygen atoms in total. The zero-order valence-corrected chi connectivity index (χ0v) is 18.8. The molecule has 32 heavy (non-hydrogen) atoms. The number of aryl methyl sites for hydroxylation is 1. The molecule has 3 aromatic carbocycles. The summed E-state index contributed by atoms with van der Waals surface area (Å²) < 4.78 is 2.35. The largest absolute Gasteiger partial charge is 0.366 e. The van der Waals surface area contributed by atoms with Crippen LogP contribution in [0, 0.1) is 0 Å². The summed E-state index contributed by atoms with van der Waals surface area (Å²) in [5, 5.41) is 0. The van der Waals surface area contributed by atoms with Crippen LogP contribution in [0.3, 0.4) is 0 Å². The third-order valence-electron chi connectivity index (χ3n) is 6.04. The van der Waals surface area contributed by atoms with Crippen molar-refractivity contribution in [2.45, 2.75) is 52.0 Å². The number of carbonyl (C=O) groups is 1. The topological polar surface area (TPSA) is 60.9 Å². The van der Waals surface area contributed by atoms with Crippen LogP contribution >= 0.6 is 0 Å². The minimum absolute atomic E-state index is 0.404. The molecular formula is C28H31N3O. The number of hydrogen-bond acceptors (Lipinski definition) is 2. The van der Waals surface area contributed by atoms with Crippen LogP contribution < -0.4 is 5.73 Å². The van der Waals surface area contributed by atoms with Crippen LogP contribution in [0.5, 0.6) is 0 Å². The Balaban J connectivity index is 1.57. The summed E-state index contributed by atoms with van der Waals surface area (Å²) in [6.45, 7) is 3.03. The number of nitrogens with zero attached hydrogens (tertiary/aromatic N) is 2. The SMILES string of the molecule is CCCCCCCc1nc2ccccc2n1Cc1ccc(-c2ccccc2C(N)=O)cc1. The van der Waals surface area contributed by atoms with Crippen LogP contribution in [0.2, 0.25) is 0 Å². The first-order valence-corrected chi connectivity index (χ1v) is 11.6. The quantitative estimate of drug-likeness (QED) is 0.300. The Morgan fingerprint density at radius 3 is 2.38 bits per heavy atom. The van der Waals surface area contributed by atoms with Gasteiger partial charge in [-0.2, -0.15) is 0 Å². The number of aromatic nitrogens is 2. The molecule has 4 rings (SSSR count). The molecule has 0 radical (unpaired) electrons. The average molecular weight is 426 g/mol. The van der Waals surface area contributed by atoms with Gasteiger partial charge in [0.25, 0.3) is 0 Å². The fraction of sp³-hybridized carbons (Fsp3) is 0.286. The highest BCUT2D eigenvalue weighted by Crippen LogP contribution is 2.25. The van der Waals surface area contributed by atoms with Crippen LogP contribution in [-0.2, 0) is 13.0 Å². The van der Waals surface area contributed by atoms with Crippen molar-refractivity contribution in [1.82, 2.24) is 9.55 Å². The first kappa shape index (κ1) is 21.8. The highest BCUT2D eigenvalue weighted by Gasteiger charge is 2.12. The summed E-state index contributed by atoms with van der Waals surface area (Å²) in [5.74, 6) is 0.754. The molecule has 0 unspecified atom stereocenters. The van der Waals surface area contributed by atoms with Crippen molar-refractivity contribution in [3.05, 3.63) is 89.7 Å². The first-order chi connectivity index (χ1) is 15.7. The Bertz CT molecular complexity index is 1190. The lowest BCUT2D eigenvalue weighted by atomic mass is 9.98. The predicted molar refractivity (Wildman–Crippen MR) is 132 cm³/mol. The lowest BCUT2D eigenvalue weighted by Gasteiger charge is -2.11. The Morgan fingerprint density at radius 1 is 0.875 bits per heavy atom. The average Bonchev–Trinajstić information content (AvgIpc) is 3.16. The maximum absolute atomic E-state index is 11.8. The number of benzene rings is 3. The normalized spacial score (nSPS) is 11.2. The van der Waals surface area contributed by atoms with Gasteiger partial charge in [0.1, 0.15) is 5.82 Å². The molecule has 164 valence electrons. The van der Waals surface area contributed by atoms with Gasteiger partial charge in [-0.3, -0.25) is 4.79 Å². The van der Waals surface area contributed by atoms with Crippen LogP contribution in [0.25, 0.3) is 22.2 Å². The second-order valence-corrected chi connectivity index (χ2v) is 8.37. The van der Waals surface area contributed by atoms with E-state index in [9.17, 15) is 4.79 Å². The van der Waals surface area contributed by atoms with Crippen molar-refractivity contribution in [2.75, 3.05) is 0 Å². The Kier molecular flexibility index (Phi) is 7.00. The van der Waals surface area contributed by atoms with E-state index in [0.29, 0.717) is 5.56 Å².